The van der Waals surface area contributed by atoms with E-state index in [4.69, 9.17) is 16.0 Å². The van der Waals surface area contributed by atoms with Gasteiger partial charge in [-0.2, -0.15) is 0 Å². The van der Waals surface area contributed by atoms with Crippen molar-refractivity contribution in [2.24, 2.45) is 0 Å². The summed E-state index contributed by atoms with van der Waals surface area (Å²) in [6, 6.07) is 7.48. The topological polar surface area (TPSA) is 49.5 Å². The first-order chi connectivity index (χ1) is 9.58. The SMILES string of the molecule is CCC1(O)CN(Cc2ncc(-c3ccc(Cl)cc3)o2)C1. The summed E-state index contributed by atoms with van der Waals surface area (Å²) in [5, 5.41) is 10.7. The number of hydrogen-bond donors (Lipinski definition) is 1. The second-order valence-corrected chi connectivity index (χ2v) is 5.78. The molecule has 1 aliphatic heterocycles. The highest BCUT2D eigenvalue weighted by molar-refractivity contribution is 6.30. The zero-order valence-corrected chi connectivity index (χ0v) is 12.1. The van der Waals surface area contributed by atoms with Crippen molar-refractivity contribution < 1.29 is 9.52 Å². The van der Waals surface area contributed by atoms with E-state index in [0.29, 0.717) is 30.5 Å². The van der Waals surface area contributed by atoms with Gasteiger partial charge in [-0.15, -0.1) is 0 Å². The van der Waals surface area contributed by atoms with Crippen molar-refractivity contribution in [2.45, 2.75) is 25.5 Å². The summed E-state index contributed by atoms with van der Waals surface area (Å²) in [5.41, 5.74) is 0.438. The van der Waals surface area contributed by atoms with Gasteiger partial charge in [0.1, 0.15) is 0 Å². The average molecular weight is 293 g/mol. The smallest absolute Gasteiger partial charge is 0.209 e. The Balaban J connectivity index is 1.64. The Morgan fingerprint density at radius 3 is 2.70 bits per heavy atom. The molecule has 1 aromatic carbocycles. The minimum Gasteiger partial charge on any atom is -0.439 e. The van der Waals surface area contributed by atoms with Crippen LogP contribution < -0.4 is 0 Å². The van der Waals surface area contributed by atoms with Gasteiger partial charge in [-0.1, -0.05) is 18.5 Å². The number of β-amino-alcohol motifs (C(OH)–C–C–N with tert-alkyl or cyclic N) is 1. The first-order valence-corrected chi connectivity index (χ1v) is 7.11. The number of likely N-dealkylation sites (tertiary alicyclic amines) is 1. The number of halogens is 1. The molecule has 0 radical (unpaired) electrons. The van der Waals surface area contributed by atoms with Gasteiger partial charge in [0.05, 0.1) is 18.3 Å². The Bertz CT molecular complexity index is 588. The zero-order valence-electron chi connectivity index (χ0n) is 11.3. The fraction of sp³-hybridized carbons (Fsp3) is 0.400. The van der Waals surface area contributed by atoms with E-state index in [0.717, 1.165) is 17.7 Å². The maximum Gasteiger partial charge on any atom is 0.209 e. The highest BCUT2D eigenvalue weighted by Crippen LogP contribution is 2.27. The molecule has 20 heavy (non-hydrogen) atoms. The summed E-state index contributed by atoms with van der Waals surface area (Å²) in [7, 11) is 0. The fourth-order valence-electron chi connectivity index (χ4n) is 2.44. The van der Waals surface area contributed by atoms with Gasteiger partial charge in [0.15, 0.2) is 5.76 Å². The molecule has 5 heteroatoms. The third-order valence-electron chi connectivity index (χ3n) is 3.74. The molecular formula is C15H17ClN2O2. The monoisotopic (exact) mass is 292 g/mol. The van der Waals surface area contributed by atoms with E-state index in [2.05, 4.69) is 9.88 Å². The predicted octanol–water partition coefficient (Wildman–Crippen LogP) is 2.95. The molecule has 1 saturated heterocycles. The van der Waals surface area contributed by atoms with Crippen LogP contribution in [0.3, 0.4) is 0 Å². The quantitative estimate of drug-likeness (QED) is 0.941. The van der Waals surface area contributed by atoms with Gasteiger partial charge in [-0.3, -0.25) is 4.90 Å². The number of oxazole rings is 1. The van der Waals surface area contributed by atoms with Crippen LogP contribution in [0.1, 0.15) is 19.2 Å². The van der Waals surface area contributed by atoms with Gasteiger partial charge in [0.25, 0.3) is 0 Å². The van der Waals surface area contributed by atoms with E-state index < -0.39 is 5.60 Å². The molecule has 106 valence electrons. The maximum atomic E-state index is 9.97. The maximum absolute atomic E-state index is 9.97. The molecule has 0 saturated carbocycles. The lowest BCUT2D eigenvalue weighted by atomic mass is 9.91. The standard InChI is InChI=1S/C15H17ClN2O2/c1-2-15(19)9-18(10-15)8-14-17-7-13(20-14)11-3-5-12(16)6-4-11/h3-7,19H,2,8-10H2,1H3. The molecule has 2 aromatic rings. The molecule has 0 bridgehead atoms. The summed E-state index contributed by atoms with van der Waals surface area (Å²) in [6.07, 6.45) is 2.51. The predicted molar refractivity (Wildman–Crippen MR) is 77.5 cm³/mol. The second kappa shape index (κ2) is 5.20. The van der Waals surface area contributed by atoms with E-state index in [1.165, 1.54) is 0 Å². The Morgan fingerprint density at radius 2 is 2.05 bits per heavy atom. The van der Waals surface area contributed by atoms with Crippen molar-refractivity contribution >= 4 is 11.6 Å². The van der Waals surface area contributed by atoms with Gasteiger partial charge in [0.2, 0.25) is 5.89 Å². The molecule has 0 spiro atoms. The van der Waals surface area contributed by atoms with Gasteiger partial charge in [-0.05, 0) is 30.7 Å². The highest BCUT2D eigenvalue weighted by Gasteiger charge is 2.39. The van der Waals surface area contributed by atoms with Crippen LogP contribution >= 0.6 is 11.6 Å². The minimum atomic E-state index is -0.522. The van der Waals surface area contributed by atoms with Crippen LogP contribution in [0.5, 0.6) is 0 Å². The van der Waals surface area contributed by atoms with E-state index in [9.17, 15) is 5.11 Å². The molecule has 0 atom stereocenters. The van der Waals surface area contributed by atoms with E-state index >= 15 is 0 Å². The lowest BCUT2D eigenvalue weighted by molar-refractivity contribution is -0.105. The number of hydrogen-bond acceptors (Lipinski definition) is 4. The summed E-state index contributed by atoms with van der Waals surface area (Å²) in [5.74, 6) is 1.41. The number of aliphatic hydroxyl groups is 1. The van der Waals surface area contributed by atoms with Crippen molar-refractivity contribution in [3.63, 3.8) is 0 Å². The lowest BCUT2D eigenvalue weighted by Gasteiger charge is -2.45. The second-order valence-electron chi connectivity index (χ2n) is 5.35. The fourth-order valence-corrected chi connectivity index (χ4v) is 2.57. The van der Waals surface area contributed by atoms with Crippen molar-refractivity contribution in [1.29, 1.82) is 0 Å². The number of aromatic nitrogens is 1. The van der Waals surface area contributed by atoms with E-state index in [-0.39, 0.29) is 0 Å². The van der Waals surface area contributed by atoms with Crippen LogP contribution in [0, 0.1) is 0 Å². The summed E-state index contributed by atoms with van der Waals surface area (Å²) >= 11 is 5.86. The summed E-state index contributed by atoms with van der Waals surface area (Å²) in [4.78, 5) is 6.41. The van der Waals surface area contributed by atoms with Crippen LogP contribution in [0.25, 0.3) is 11.3 Å². The van der Waals surface area contributed by atoms with Crippen molar-refractivity contribution in [3.8, 4) is 11.3 Å². The molecule has 2 heterocycles. The van der Waals surface area contributed by atoms with Gasteiger partial charge < -0.3 is 9.52 Å². The van der Waals surface area contributed by atoms with Crippen LogP contribution in [-0.2, 0) is 6.54 Å². The van der Waals surface area contributed by atoms with Crippen molar-refractivity contribution in [2.75, 3.05) is 13.1 Å². The van der Waals surface area contributed by atoms with Gasteiger partial charge in [0, 0.05) is 23.7 Å². The highest BCUT2D eigenvalue weighted by atomic mass is 35.5. The summed E-state index contributed by atoms with van der Waals surface area (Å²) < 4.78 is 5.74. The van der Waals surface area contributed by atoms with Crippen LogP contribution in [0.15, 0.2) is 34.9 Å². The molecule has 0 unspecified atom stereocenters. The number of benzene rings is 1. The summed E-state index contributed by atoms with van der Waals surface area (Å²) in [6.45, 7) is 4.00. The molecule has 1 aromatic heterocycles. The van der Waals surface area contributed by atoms with Gasteiger partial charge in [-0.25, -0.2) is 4.98 Å². The lowest BCUT2D eigenvalue weighted by Crippen LogP contribution is -2.60. The Hall–Kier alpha value is -1.36. The normalized spacial score (nSPS) is 17.9. The molecule has 3 rings (SSSR count). The van der Waals surface area contributed by atoms with Crippen LogP contribution in [0.2, 0.25) is 5.02 Å². The zero-order chi connectivity index (χ0) is 14.2. The minimum absolute atomic E-state index is 0.522. The largest absolute Gasteiger partial charge is 0.439 e. The first-order valence-electron chi connectivity index (χ1n) is 6.73. The Labute approximate surface area is 123 Å². The van der Waals surface area contributed by atoms with Crippen LogP contribution in [0.4, 0.5) is 0 Å². The van der Waals surface area contributed by atoms with Gasteiger partial charge >= 0.3 is 0 Å². The molecule has 1 N–H and O–H groups in total. The Morgan fingerprint density at radius 1 is 1.35 bits per heavy atom. The van der Waals surface area contributed by atoms with E-state index in [1.807, 2.05) is 31.2 Å². The van der Waals surface area contributed by atoms with E-state index in [1.54, 1.807) is 6.20 Å². The van der Waals surface area contributed by atoms with Crippen LogP contribution in [-0.4, -0.2) is 33.7 Å². The van der Waals surface area contributed by atoms with Crippen molar-refractivity contribution in [1.82, 2.24) is 9.88 Å². The Kier molecular flexibility index (Phi) is 3.54. The first kappa shape index (κ1) is 13.6. The molecule has 4 nitrogen and oxygen atoms in total. The third kappa shape index (κ3) is 2.73. The molecule has 0 amide bonds. The molecular weight excluding hydrogens is 276 g/mol. The van der Waals surface area contributed by atoms with Crippen molar-refractivity contribution in [3.05, 3.63) is 41.4 Å². The number of nitrogens with zero attached hydrogens (tertiary/aromatic N) is 2. The average Bonchev–Trinajstić information content (AvgIpc) is 2.86. The molecule has 0 aliphatic carbocycles. The number of rotatable bonds is 4. The molecule has 1 fully saturated rings. The molecule has 1 aliphatic rings. The third-order valence-corrected chi connectivity index (χ3v) is 3.99.